The van der Waals surface area contributed by atoms with Crippen LogP contribution in [0.1, 0.15) is 17.1 Å². The number of aryl methyl sites for hydroxylation is 2. The summed E-state index contributed by atoms with van der Waals surface area (Å²) in [5.41, 5.74) is 0.975. The van der Waals surface area contributed by atoms with Crippen molar-refractivity contribution in [1.82, 2.24) is 10.6 Å². The Morgan fingerprint density at radius 2 is 2.09 bits per heavy atom. The Morgan fingerprint density at radius 3 is 2.77 bits per heavy atom. The van der Waals surface area contributed by atoms with E-state index in [1.807, 2.05) is 32.0 Å². The van der Waals surface area contributed by atoms with Gasteiger partial charge in [0.25, 0.3) is 0 Å². The topological polar surface area (TPSA) is 63.5 Å². The summed E-state index contributed by atoms with van der Waals surface area (Å²) >= 11 is 5.85. The van der Waals surface area contributed by atoms with Gasteiger partial charge in [0.15, 0.2) is 0 Å². The van der Waals surface area contributed by atoms with Crippen molar-refractivity contribution in [2.24, 2.45) is 0 Å². The van der Waals surface area contributed by atoms with Crippen molar-refractivity contribution in [2.45, 2.75) is 20.4 Å². The van der Waals surface area contributed by atoms with Gasteiger partial charge in [0.1, 0.15) is 23.9 Å². The minimum atomic E-state index is -0.243. The zero-order valence-electron chi connectivity index (χ0n) is 12.6. The summed E-state index contributed by atoms with van der Waals surface area (Å²) in [7, 11) is 0. The lowest BCUT2D eigenvalue weighted by Crippen LogP contribution is -2.37. The highest BCUT2D eigenvalue weighted by Gasteiger charge is 2.06. The Morgan fingerprint density at radius 1 is 1.27 bits per heavy atom. The van der Waals surface area contributed by atoms with E-state index in [2.05, 4.69) is 10.6 Å². The average Bonchev–Trinajstić information content (AvgIpc) is 2.79. The zero-order chi connectivity index (χ0) is 15.9. The quantitative estimate of drug-likeness (QED) is 0.801. The van der Waals surface area contributed by atoms with E-state index in [4.69, 9.17) is 20.8 Å². The summed E-state index contributed by atoms with van der Waals surface area (Å²) in [6.45, 7) is 4.97. The molecule has 118 valence electrons. The average molecular weight is 323 g/mol. The maximum Gasteiger partial charge on any atom is 0.315 e. The minimum absolute atomic E-state index is 0.243. The third-order valence-corrected chi connectivity index (χ3v) is 3.27. The van der Waals surface area contributed by atoms with Crippen LogP contribution in [0.25, 0.3) is 0 Å². The van der Waals surface area contributed by atoms with Crippen molar-refractivity contribution >= 4 is 17.6 Å². The fourth-order valence-electron chi connectivity index (χ4n) is 1.99. The molecule has 1 aromatic heterocycles. The number of halogens is 1. The van der Waals surface area contributed by atoms with E-state index in [9.17, 15) is 4.79 Å². The first kappa shape index (κ1) is 16.2. The maximum atomic E-state index is 11.7. The van der Waals surface area contributed by atoms with Gasteiger partial charge in [-0.25, -0.2) is 4.79 Å². The van der Waals surface area contributed by atoms with Crippen molar-refractivity contribution in [3.63, 3.8) is 0 Å². The number of hydrogen-bond acceptors (Lipinski definition) is 3. The number of nitrogens with one attached hydrogen (secondary N) is 2. The standard InChI is InChI=1S/C16H19ClN2O3/c1-11-8-13(12(2)22-11)10-19-16(20)18-6-7-21-15-5-3-4-14(17)9-15/h3-5,8-9H,6-7,10H2,1-2H3,(H2,18,19,20). The SMILES string of the molecule is Cc1cc(CNC(=O)NCCOc2cccc(Cl)c2)c(C)o1. The van der Waals surface area contributed by atoms with Crippen LogP contribution >= 0.6 is 11.6 Å². The van der Waals surface area contributed by atoms with Crippen molar-refractivity contribution in [3.05, 3.63) is 52.4 Å². The summed E-state index contributed by atoms with van der Waals surface area (Å²) in [4.78, 5) is 11.7. The molecule has 2 aromatic rings. The Labute approximate surface area is 134 Å². The van der Waals surface area contributed by atoms with E-state index in [0.29, 0.717) is 30.5 Å². The van der Waals surface area contributed by atoms with Crippen molar-refractivity contribution < 1.29 is 13.9 Å². The first-order valence-corrected chi connectivity index (χ1v) is 7.38. The Hall–Kier alpha value is -2.14. The molecule has 5 nitrogen and oxygen atoms in total. The number of rotatable bonds is 6. The summed E-state index contributed by atoms with van der Waals surface area (Å²) in [5.74, 6) is 2.34. The molecule has 2 amide bonds. The highest BCUT2D eigenvalue weighted by molar-refractivity contribution is 6.30. The number of carbonyl (C=O) groups is 1. The molecule has 0 fully saturated rings. The van der Waals surface area contributed by atoms with Gasteiger partial charge >= 0.3 is 6.03 Å². The zero-order valence-corrected chi connectivity index (χ0v) is 13.4. The van der Waals surface area contributed by atoms with E-state index < -0.39 is 0 Å². The Balaban J connectivity index is 1.64. The second-order valence-corrected chi connectivity index (χ2v) is 5.29. The van der Waals surface area contributed by atoms with Crippen LogP contribution in [0.15, 0.2) is 34.7 Å². The van der Waals surface area contributed by atoms with Gasteiger partial charge in [-0.2, -0.15) is 0 Å². The molecule has 0 saturated carbocycles. The van der Waals surface area contributed by atoms with Crippen LogP contribution in [0.4, 0.5) is 4.79 Å². The third kappa shape index (κ3) is 5.00. The van der Waals surface area contributed by atoms with Gasteiger partial charge in [0, 0.05) is 17.1 Å². The predicted octanol–water partition coefficient (Wildman–Crippen LogP) is 3.43. The van der Waals surface area contributed by atoms with Crippen LogP contribution < -0.4 is 15.4 Å². The molecule has 0 saturated heterocycles. The van der Waals surface area contributed by atoms with Gasteiger partial charge in [-0.05, 0) is 38.1 Å². The molecule has 0 aliphatic heterocycles. The molecule has 6 heteroatoms. The molecule has 1 aromatic carbocycles. The molecular weight excluding hydrogens is 304 g/mol. The van der Waals surface area contributed by atoms with Crippen LogP contribution in [0.5, 0.6) is 5.75 Å². The fraction of sp³-hybridized carbons (Fsp3) is 0.312. The van der Waals surface area contributed by atoms with E-state index in [1.54, 1.807) is 12.1 Å². The first-order chi connectivity index (χ1) is 10.5. The second-order valence-electron chi connectivity index (χ2n) is 4.85. The molecule has 0 aliphatic carbocycles. The number of ether oxygens (including phenoxy) is 1. The van der Waals surface area contributed by atoms with E-state index in [1.165, 1.54) is 0 Å². The second kappa shape index (κ2) is 7.75. The lowest BCUT2D eigenvalue weighted by atomic mass is 10.2. The van der Waals surface area contributed by atoms with E-state index >= 15 is 0 Å². The molecule has 1 heterocycles. The fourth-order valence-corrected chi connectivity index (χ4v) is 2.17. The summed E-state index contributed by atoms with van der Waals surface area (Å²) in [5, 5.41) is 6.12. The molecule has 0 unspecified atom stereocenters. The third-order valence-electron chi connectivity index (χ3n) is 3.04. The summed E-state index contributed by atoms with van der Waals surface area (Å²) in [6.07, 6.45) is 0. The summed E-state index contributed by atoms with van der Waals surface area (Å²) < 4.78 is 10.9. The van der Waals surface area contributed by atoms with Crippen LogP contribution in [0.3, 0.4) is 0 Å². The largest absolute Gasteiger partial charge is 0.492 e. The van der Waals surface area contributed by atoms with Crippen molar-refractivity contribution in [3.8, 4) is 5.75 Å². The monoisotopic (exact) mass is 322 g/mol. The van der Waals surface area contributed by atoms with Gasteiger partial charge in [0.2, 0.25) is 0 Å². The summed E-state index contributed by atoms with van der Waals surface area (Å²) in [6, 6.07) is 8.81. The van der Waals surface area contributed by atoms with Crippen LogP contribution in [0.2, 0.25) is 5.02 Å². The number of hydrogen-bond donors (Lipinski definition) is 2. The molecule has 2 rings (SSSR count). The molecule has 22 heavy (non-hydrogen) atoms. The van der Waals surface area contributed by atoms with Gasteiger partial charge in [-0.1, -0.05) is 17.7 Å². The Kier molecular flexibility index (Phi) is 5.72. The Bertz CT molecular complexity index is 640. The lowest BCUT2D eigenvalue weighted by molar-refractivity contribution is 0.236. The highest BCUT2D eigenvalue weighted by Crippen LogP contribution is 2.16. The molecule has 0 bridgehead atoms. The smallest absolute Gasteiger partial charge is 0.315 e. The molecule has 2 N–H and O–H groups in total. The van der Waals surface area contributed by atoms with Crippen LogP contribution in [-0.2, 0) is 6.54 Å². The maximum absolute atomic E-state index is 11.7. The number of urea groups is 1. The normalized spacial score (nSPS) is 10.3. The van der Waals surface area contributed by atoms with Crippen molar-refractivity contribution in [2.75, 3.05) is 13.2 Å². The van der Waals surface area contributed by atoms with Crippen molar-refractivity contribution in [1.29, 1.82) is 0 Å². The molecule has 0 atom stereocenters. The number of furan rings is 1. The number of amides is 2. The van der Waals surface area contributed by atoms with Crippen LogP contribution in [-0.4, -0.2) is 19.2 Å². The molecular formula is C16H19ClN2O3. The van der Waals surface area contributed by atoms with E-state index in [0.717, 1.165) is 17.1 Å². The minimum Gasteiger partial charge on any atom is -0.492 e. The molecule has 0 aliphatic rings. The highest BCUT2D eigenvalue weighted by atomic mass is 35.5. The van der Waals surface area contributed by atoms with Crippen LogP contribution in [0, 0.1) is 13.8 Å². The van der Waals surface area contributed by atoms with Gasteiger partial charge in [0.05, 0.1) is 6.54 Å². The molecule has 0 radical (unpaired) electrons. The van der Waals surface area contributed by atoms with Gasteiger partial charge in [-0.15, -0.1) is 0 Å². The van der Waals surface area contributed by atoms with E-state index in [-0.39, 0.29) is 6.03 Å². The van der Waals surface area contributed by atoms with Gasteiger partial charge in [-0.3, -0.25) is 0 Å². The van der Waals surface area contributed by atoms with Gasteiger partial charge < -0.3 is 19.8 Å². The first-order valence-electron chi connectivity index (χ1n) is 7.00. The molecule has 0 spiro atoms. The lowest BCUT2D eigenvalue weighted by Gasteiger charge is -2.09. The number of benzene rings is 1. The number of carbonyl (C=O) groups excluding carboxylic acids is 1. The predicted molar refractivity (Wildman–Crippen MR) is 85.4 cm³/mol.